The number of hydrogen-bond donors (Lipinski definition) is 1. The van der Waals surface area contributed by atoms with Gasteiger partial charge in [0, 0.05) is 17.1 Å². The minimum absolute atomic E-state index is 0.182. The summed E-state index contributed by atoms with van der Waals surface area (Å²) in [6.45, 7) is -0.182. The number of thioether (sulfide) groups is 1. The van der Waals surface area contributed by atoms with E-state index in [2.05, 4.69) is 5.32 Å². The maximum Gasteiger partial charge on any atom is 0.336 e. The molecule has 1 N–H and O–H groups in total. The predicted octanol–water partition coefficient (Wildman–Crippen LogP) is 3.63. The molecule has 144 valence electrons. The maximum atomic E-state index is 12.6. The van der Waals surface area contributed by atoms with Crippen LogP contribution < -0.4 is 10.9 Å². The lowest BCUT2D eigenvalue weighted by molar-refractivity contribution is -0.126. The van der Waals surface area contributed by atoms with Gasteiger partial charge in [-0.25, -0.2) is 4.79 Å². The third-order valence-electron chi connectivity index (χ3n) is 4.18. The van der Waals surface area contributed by atoms with E-state index in [9.17, 15) is 14.4 Å². The van der Waals surface area contributed by atoms with Crippen molar-refractivity contribution in [2.45, 2.75) is 0 Å². The van der Waals surface area contributed by atoms with E-state index >= 15 is 0 Å². The molecule has 0 saturated carbocycles. The van der Waals surface area contributed by atoms with Gasteiger partial charge < -0.3 is 9.73 Å². The van der Waals surface area contributed by atoms with Crippen molar-refractivity contribution in [2.24, 2.45) is 0 Å². The minimum atomic E-state index is -0.438. The summed E-state index contributed by atoms with van der Waals surface area (Å²) in [6, 6.07) is 17.3. The topological polar surface area (TPSA) is 79.6 Å². The van der Waals surface area contributed by atoms with Crippen LogP contribution in [0.15, 0.2) is 74.8 Å². The Hall–Kier alpha value is -3.23. The highest BCUT2D eigenvalue weighted by atomic mass is 32.2. The Morgan fingerprint density at radius 3 is 2.69 bits per heavy atom. The first kappa shape index (κ1) is 19.1. The van der Waals surface area contributed by atoms with Crippen LogP contribution in [-0.4, -0.2) is 27.6 Å². The summed E-state index contributed by atoms with van der Waals surface area (Å²) in [4.78, 5) is 38.1. The number of anilines is 1. The first-order valence-corrected chi connectivity index (χ1v) is 9.86. The van der Waals surface area contributed by atoms with Crippen molar-refractivity contribution in [3.8, 4) is 0 Å². The molecule has 8 heteroatoms. The van der Waals surface area contributed by atoms with Gasteiger partial charge >= 0.3 is 5.63 Å². The fraction of sp³-hybridized carbons (Fsp3) is 0.0476. The lowest BCUT2D eigenvalue weighted by Gasteiger charge is -2.14. The van der Waals surface area contributed by atoms with E-state index in [1.807, 2.05) is 30.3 Å². The molecule has 1 fully saturated rings. The van der Waals surface area contributed by atoms with Crippen molar-refractivity contribution >= 4 is 62.8 Å². The smallest absolute Gasteiger partial charge is 0.336 e. The van der Waals surface area contributed by atoms with Crippen molar-refractivity contribution in [2.75, 3.05) is 11.9 Å². The molecular formula is C21H14N2O4S2. The van der Waals surface area contributed by atoms with Gasteiger partial charge in [0.1, 0.15) is 16.4 Å². The summed E-state index contributed by atoms with van der Waals surface area (Å²) >= 11 is 6.45. The molecule has 1 aliphatic rings. The lowest BCUT2D eigenvalue weighted by atomic mass is 10.2. The zero-order valence-electron chi connectivity index (χ0n) is 15.0. The molecule has 4 rings (SSSR count). The summed E-state index contributed by atoms with van der Waals surface area (Å²) in [5.41, 5.74) is 1.41. The van der Waals surface area contributed by atoms with E-state index in [4.69, 9.17) is 16.6 Å². The van der Waals surface area contributed by atoms with Gasteiger partial charge in [0.2, 0.25) is 5.91 Å². The summed E-state index contributed by atoms with van der Waals surface area (Å²) in [7, 11) is 0. The Bertz CT molecular complexity index is 1220. The van der Waals surface area contributed by atoms with Gasteiger partial charge in [-0.3, -0.25) is 14.5 Å². The number of fused-ring (bicyclic) bond motifs is 1. The van der Waals surface area contributed by atoms with Crippen LogP contribution in [0.3, 0.4) is 0 Å². The summed E-state index contributed by atoms with van der Waals surface area (Å²) in [6.07, 6.45) is 1.76. The maximum absolute atomic E-state index is 12.6. The molecular weight excluding hydrogens is 408 g/mol. The van der Waals surface area contributed by atoms with E-state index in [-0.39, 0.29) is 18.4 Å². The monoisotopic (exact) mass is 422 g/mol. The molecule has 6 nitrogen and oxygen atoms in total. The van der Waals surface area contributed by atoms with E-state index in [1.165, 1.54) is 22.7 Å². The fourth-order valence-electron chi connectivity index (χ4n) is 2.83. The van der Waals surface area contributed by atoms with Crippen molar-refractivity contribution in [1.82, 2.24) is 4.90 Å². The standard InChI is InChI=1S/C21H14N2O4S2/c24-18(22-15-7-8-16-14(11-15)6-9-19(25)27-16)12-23-20(26)17(29-21(23)28)10-13-4-2-1-3-5-13/h1-11H,12H2,(H,22,24)/b17-10+. The van der Waals surface area contributed by atoms with E-state index < -0.39 is 5.63 Å². The van der Waals surface area contributed by atoms with Gasteiger partial charge in [0.15, 0.2) is 0 Å². The van der Waals surface area contributed by atoms with Gasteiger partial charge in [-0.2, -0.15) is 0 Å². The second-order valence-electron chi connectivity index (χ2n) is 6.23. The highest BCUT2D eigenvalue weighted by molar-refractivity contribution is 8.26. The molecule has 0 atom stereocenters. The number of benzene rings is 2. The van der Waals surface area contributed by atoms with Crippen molar-refractivity contribution in [1.29, 1.82) is 0 Å². The number of hydrogen-bond acceptors (Lipinski definition) is 6. The predicted molar refractivity (Wildman–Crippen MR) is 117 cm³/mol. The molecule has 1 saturated heterocycles. The van der Waals surface area contributed by atoms with Gasteiger partial charge in [0.25, 0.3) is 5.91 Å². The molecule has 3 aromatic rings. The number of nitrogens with one attached hydrogen (secondary N) is 1. The summed E-state index contributed by atoms with van der Waals surface area (Å²) in [5.74, 6) is -0.668. The highest BCUT2D eigenvalue weighted by Gasteiger charge is 2.33. The molecule has 29 heavy (non-hydrogen) atoms. The normalized spacial score (nSPS) is 15.3. The van der Waals surface area contributed by atoms with Crippen molar-refractivity contribution < 1.29 is 14.0 Å². The molecule has 0 radical (unpaired) electrons. The van der Waals surface area contributed by atoms with Crippen LogP contribution in [0.4, 0.5) is 5.69 Å². The molecule has 2 aromatic carbocycles. The van der Waals surface area contributed by atoms with Crippen LogP contribution >= 0.6 is 24.0 Å². The molecule has 2 heterocycles. The molecule has 1 aliphatic heterocycles. The zero-order valence-corrected chi connectivity index (χ0v) is 16.6. The number of rotatable bonds is 4. The van der Waals surface area contributed by atoms with Crippen LogP contribution in [-0.2, 0) is 9.59 Å². The number of nitrogens with zero attached hydrogens (tertiary/aromatic N) is 1. The van der Waals surface area contributed by atoms with Crippen molar-refractivity contribution in [3.05, 3.63) is 81.6 Å². The first-order chi connectivity index (χ1) is 14.0. The summed E-state index contributed by atoms with van der Waals surface area (Å²) < 4.78 is 5.41. The molecule has 0 aliphatic carbocycles. The Morgan fingerprint density at radius 2 is 1.90 bits per heavy atom. The molecule has 1 aromatic heterocycles. The third kappa shape index (κ3) is 4.28. The van der Waals surface area contributed by atoms with E-state index in [0.29, 0.717) is 25.9 Å². The Balaban J connectivity index is 1.46. The number of carbonyl (C=O) groups excluding carboxylic acids is 2. The van der Waals surface area contributed by atoms with Crippen LogP contribution in [0.25, 0.3) is 17.0 Å². The van der Waals surface area contributed by atoms with Crippen LogP contribution in [0.5, 0.6) is 0 Å². The van der Waals surface area contributed by atoms with E-state index in [1.54, 1.807) is 30.3 Å². The largest absolute Gasteiger partial charge is 0.423 e. The third-order valence-corrected chi connectivity index (χ3v) is 5.55. The van der Waals surface area contributed by atoms with Gasteiger partial charge in [-0.05, 0) is 35.9 Å². The van der Waals surface area contributed by atoms with Gasteiger partial charge in [0.05, 0.1) is 4.91 Å². The van der Waals surface area contributed by atoms with Gasteiger partial charge in [-0.15, -0.1) is 0 Å². The molecule has 0 spiro atoms. The Morgan fingerprint density at radius 1 is 1.10 bits per heavy atom. The first-order valence-electron chi connectivity index (χ1n) is 8.64. The summed E-state index contributed by atoms with van der Waals surface area (Å²) in [5, 5.41) is 3.42. The molecule has 0 unspecified atom stereocenters. The average molecular weight is 422 g/mol. The number of thiocarbonyl (C=S) groups is 1. The van der Waals surface area contributed by atoms with E-state index in [0.717, 1.165) is 5.56 Å². The van der Waals surface area contributed by atoms with Crippen LogP contribution in [0, 0.1) is 0 Å². The fourth-order valence-corrected chi connectivity index (χ4v) is 4.09. The second-order valence-corrected chi connectivity index (χ2v) is 7.91. The van der Waals surface area contributed by atoms with Crippen LogP contribution in [0.1, 0.15) is 5.56 Å². The van der Waals surface area contributed by atoms with Crippen molar-refractivity contribution in [3.63, 3.8) is 0 Å². The number of carbonyl (C=O) groups is 2. The quantitative estimate of drug-likeness (QED) is 0.393. The number of amides is 2. The zero-order chi connectivity index (χ0) is 20.4. The second kappa shape index (κ2) is 8.02. The average Bonchev–Trinajstić information content (AvgIpc) is 2.96. The Kier molecular flexibility index (Phi) is 5.28. The molecule has 0 bridgehead atoms. The Labute approximate surface area is 175 Å². The van der Waals surface area contributed by atoms with Crippen LogP contribution in [0.2, 0.25) is 0 Å². The minimum Gasteiger partial charge on any atom is -0.423 e. The SMILES string of the molecule is O=C(CN1C(=O)/C(=C\c2ccccc2)SC1=S)Nc1ccc2oc(=O)ccc2c1. The molecule has 2 amide bonds. The highest BCUT2D eigenvalue weighted by Crippen LogP contribution is 2.32. The van der Waals surface area contributed by atoms with Gasteiger partial charge in [-0.1, -0.05) is 54.3 Å². The lowest BCUT2D eigenvalue weighted by Crippen LogP contribution is -2.36.